The van der Waals surface area contributed by atoms with E-state index in [1.807, 2.05) is 80.6 Å². The van der Waals surface area contributed by atoms with Gasteiger partial charge < -0.3 is 5.11 Å². The van der Waals surface area contributed by atoms with Gasteiger partial charge in [0.1, 0.15) is 5.25 Å². The smallest absolute Gasteiger partial charge is 0.305 e. The first-order chi connectivity index (χ1) is 13.0. The van der Waals surface area contributed by atoms with E-state index < -0.39 is 11.2 Å². The van der Waals surface area contributed by atoms with Crippen molar-refractivity contribution in [2.24, 2.45) is 0 Å². The molecule has 1 heterocycles. The molecule has 27 heavy (non-hydrogen) atoms. The molecule has 138 valence electrons. The predicted octanol–water partition coefficient (Wildman–Crippen LogP) is 4.86. The van der Waals surface area contributed by atoms with Crippen LogP contribution in [0.15, 0.2) is 71.8 Å². The van der Waals surface area contributed by atoms with Crippen molar-refractivity contribution in [1.82, 2.24) is 0 Å². The predicted molar refractivity (Wildman–Crippen MR) is 110 cm³/mol. The molecule has 1 aliphatic rings. The Hall–Kier alpha value is -2.79. The summed E-state index contributed by atoms with van der Waals surface area (Å²) in [6.45, 7) is 4.00. The summed E-state index contributed by atoms with van der Waals surface area (Å²) >= 11 is 1.30. The van der Waals surface area contributed by atoms with E-state index in [1.165, 1.54) is 11.8 Å². The Morgan fingerprint density at radius 1 is 1.15 bits per heavy atom. The van der Waals surface area contributed by atoms with E-state index >= 15 is 0 Å². The van der Waals surface area contributed by atoms with Crippen LogP contribution in [-0.4, -0.2) is 22.2 Å². The maximum Gasteiger partial charge on any atom is 0.305 e. The van der Waals surface area contributed by atoms with Crippen molar-refractivity contribution >= 4 is 34.9 Å². The summed E-state index contributed by atoms with van der Waals surface area (Å²) in [7, 11) is 0. The van der Waals surface area contributed by atoms with Gasteiger partial charge in [0.15, 0.2) is 0 Å². The average Bonchev–Trinajstić information content (AvgIpc) is 2.96. The Bertz CT molecular complexity index is 901. The molecule has 1 aliphatic heterocycles. The standard InChI is InChI=1S/C22H21NO3S/c1-15-8-11-18(12-9-15)23-20(27-19(22(23)26)14-21(24)25)13-10-16(2)17-6-4-3-5-7-17/h3-13,19H,14H2,1-2H3,(H,24,25)/b16-10?,20-13+. The first-order valence-electron chi connectivity index (χ1n) is 8.69. The largest absolute Gasteiger partial charge is 0.481 e. The fourth-order valence-electron chi connectivity index (χ4n) is 2.84. The van der Waals surface area contributed by atoms with Gasteiger partial charge in [0, 0.05) is 5.69 Å². The number of carbonyl (C=O) groups excluding carboxylic acids is 1. The molecular formula is C22H21NO3S. The zero-order valence-electron chi connectivity index (χ0n) is 15.3. The van der Waals surface area contributed by atoms with Gasteiger partial charge in [0.25, 0.3) is 0 Å². The third-order valence-corrected chi connectivity index (χ3v) is 5.55. The van der Waals surface area contributed by atoms with Crippen molar-refractivity contribution in [3.63, 3.8) is 0 Å². The number of aryl methyl sites for hydroxylation is 1. The number of carboxylic acid groups (broad SMARTS) is 1. The van der Waals surface area contributed by atoms with E-state index in [2.05, 4.69) is 0 Å². The minimum absolute atomic E-state index is 0.190. The van der Waals surface area contributed by atoms with Gasteiger partial charge in [0.05, 0.1) is 11.4 Å². The summed E-state index contributed by atoms with van der Waals surface area (Å²) in [6, 6.07) is 17.7. The normalized spacial score (nSPS) is 19.0. The van der Waals surface area contributed by atoms with Gasteiger partial charge in [-0.3, -0.25) is 14.5 Å². The molecule has 1 atom stereocenters. The fraction of sp³-hybridized carbons (Fsp3) is 0.182. The number of rotatable bonds is 5. The molecular weight excluding hydrogens is 358 g/mol. The van der Waals surface area contributed by atoms with E-state index in [1.54, 1.807) is 4.90 Å². The van der Waals surface area contributed by atoms with Crippen molar-refractivity contribution in [2.75, 3.05) is 4.90 Å². The molecule has 0 bridgehead atoms. The molecule has 2 aromatic carbocycles. The zero-order valence-corrected chi connectivity index (χ0v) is 16.1. The summed E-state index contributed by atoms with van der Waals surface area (Å²) in [6.07, 6.45) is 3.67. The first-order valence-corrected chi connectivity index (χ1v) is 9.57. The lowest BCUT2D eigenvalue weighted by molar-refractivity contribution is -0.138. The van der Waals surface area contributed by atoms with Crippen LogP contribution in [-0.2, 0) is 9.59 Å². The monoisotopic (exact) mass is 379 g/mol. The Morgan fingerprint density at radius 3 is 2.44 bits per heavy atom. The van der Waals surface area contributed by atoms with Gasteiger partial charge in [-0.25, -0.2) is 0 Å². The number of carbonyl (C=O) groups is 2. The molecule has 1 amide bonds. The maximum absolute atomic E-state index is 12.8. The van der Waals surface area contributed by atoms with Crippen LogP contribution in [0.3, 0.4) is 0 Å². The van der Waals surface area contributed by atoms with E-state index in [0.717, 1.165) is 27.4 Å². The highest BCUT2D eigenvalue weighted by Crippen LogP contribution is 2.40. The fourth-order valence-corrected chi connectivity index (χ4v) is 4.02. The zero-order chi connectivity index (χ0) is 19.4. The number of thioether (sulfide) groups is 1. The van der Waals surface area contributed by atoms with Gasteiger partial charge in [0.2, 0.25) is 5.91 Å². The van der Waals surface area contributed by atoms with E-state index in [4.69, 9.17) is 5.11 Å². The molecule has 0 aliphatic carbocycles. The second-order valence-corrected chi connectivity index (χ2v) is 7.66. The summed E-state index contributed by atoms with van der Waals surface area (Å²) in [4.78, 5) is 25.6. The second kappa shape index (κ2) is 8.27. The van der Waals surface area contributed by atoms with Crippen LogP contribution in [0.2, 0.25) is 0 Å². The van der Waals surface area contributed by atoms with Crippen molar-refractivity contribution in [2.45, 2.75) is 25.5 Å². The van der Waals surface area contributed by atoms with E-state index in [-0.39, 0.29) is 12.3 Å². The van der Waals surface area contributed by atoms with Gasteiger partial charge in [-0.15, -0.1) is 0 Å². The lowest BCUT2D eigenvalue weighted by Gasteiger charge is -2.17. The summed E-state index contributed by atoms with van der Waals surface area (Å²) in [5, 5.41) is 9.25. The average molecular weight is 379 g/mol. The SMILES string of the molecule is CC(=C/C=C1/SC(CC(=O)O)C(=O)N1c1ccc(C)cc1)c1ccccc1. The van der Waals surface area contributed by atoms with Crippen molar-refractivity contribution < 1.29 is 14.7 Å². The van der Waals surface area contributed by atoms with Gasteiger partial charge in [-0.2, -0.15) is 0 Å². The topological polar surface area (TPSA) is 57.6 Å². The van der Waals surface area contributed by atoms with Crippen molar-refractivity contribution in [3.05, 3.63) is 82.9 Å². The van der Waals surface area contributed by atoms with Gasteiger partial charge in [-0.1, -0.05) is 65.9 Å². The molecule has 1 fully saturated rings. The molecule has 5 heteroatoms. The number of hydrogen-bond acceptors (Lipinski definition) is 3. The molecule has 0 radical (unpaired) electrons. The highest BCUT2D eigenvalue weighted by Gasteiger charge is 2.38. The molecule has 0 aromatic heterocycles. The Labute approximate surface area is 163 Å². The molecule has 0 saturated carbocycles. The lowest BCUT2D eigenvalue weighted by Crippen LogP contribution is -2.29. The number of anilines is 1. The van der Waals surface area contributed by atoms with Crippen LogP contribution in [0.5, 0.6) is 0 Å². The highest BCUT2D eigenvalue weighted by molar-refractivity contribution is 8.05. The molecule has 1 unspecified atom stereocenters. The van der Waals surface area contributed by atoms with Crippen LogP contribution in [0.25, 0.3) is 5.57 Å². The Morgan fingerprint density at radius 2 is 1.81 bits per heavy atom. The number of hydrogen-bond donors (Lipinski definition) is 1. The molecule has 2 aromatic rings. The second-order valence-electron chi connectivity index (χ2n) is 6.43. The number of aliphatic carboxylic acids is 1. The molecule has 4 nitrogen and oxygen atoms in total. The van der Waals surface area contributed by atoms with Gasteiger partial charge in [-0.05, 0) is 43.2 Å². The molecule has 1 saturated heterocycles. The van der Waals surface area contributed by atoms with E-state index in [0.29, 0.717) is 0 Å². The summed E-state index contributed by atoms with van der Waals surface area (Å²) in [5.74, 6) is -1.16. The number of amides is 1. The Kier molecular flexibility index (Phi) is 5.81. The van der Waals surface area contributed by atoms with E-state index in [9.17, 15) is 9.59 Å². The van der Waals surface area contributed by atoms with Gasteiger partial charge >= 0.3 is 5.97 Å². The molecule has 0 spiro atoms. The van der Waals surface area contributed by atoms with Crippen LogP contribution in [0, 0.1) is 6.92 Å². The minimum Gasteiger partial charge on any atom is -0.481 e. The molecule has 3 rings (SSSR count). The van der Waals surface area contributed by atoms with Crippen LogP contribution < -0.4 is 4.90 Å². The summed E-state index contributed by atoms with van der Waals surface area (Å²) < 4.78 is 0. The van der Waals surface area contributed by atoms with Crippen LogP contribution in [0.1, 0.15) is 24.5 Å². The van der Waals surface area contributed by atoms with Crippen LogP contribution in [0.4, 0.5) is 5.69 Å². The number of carboxylic acids is 1. The Balaban J connectivity index is 1.95. The highest BCUT2D eigenvalue weighted by atomic mass is 32.2. The van der Waals surface area contributed by atoms with Crippen molar-refractivity contribution in [1.29, 1.82) is 0 Å². The number of nitrogens with zero attached hydrogens (tertiary/aromatic N) is 1. The summed E-state index contributed by atoms with van der Waals surface area (Å²) in [5.41, 5.74) is 4.03. The quantitative estimate of drug-likeness (QED) is 0.806. The van der Waals surface area contributed by atoms with Crippen LogP contribution >= 0.6 is 11.8 Å². The molecule has 1 N–H and O–H groups in total. The maximum atomic E-state index is 12.8. The number of allylic oxidation sites excluding steroid dienone is 3. The van der Waals surface area contributed by atoms with Crippen molar-refractivity contribution in [3.8, 4) is 0 Å². The first kappa shape index (κ1) is 19.0. The number of benzene rings is 2. The third-order valence-electron chi connectivity index (χ3n) is 4.34. The third kappa shape index (κ3) is 4.49. The lowest BCUT2D eigenvalue weighted by atomic mass is 10.1. The minimum atomic E-state index is -0.970.